The third kappa shape index (κ3) is 3.27. The lowest BCUT2D eigenvalue weighted by molar-refractivity contribution is -0.384. The van der Waals surface area contributed by atoms with Crippen molar-refractivity contribution in [1.29, 1.82) is 0 Å². The number of methoxy groups -OCH3 is 1. The van der Waals surface area contributed by atoms with Gasteiger partial charge in [0.25, 0.3) is 5.69 Å². The van der Waals surface area contributed by atoms with Gasteiger partial charge in [0.05, 0.1) is 12.0 Å². The van der Waals surface area contributed by atoms with Crippen molar-refractivity contribution in [3.05, 3.63) is 62.6 Å². The fourth-order valence-corrected chi connectivity index (χ4v) is 2.27. The molecule has 0 aliphatic heterocycles. The molecule has 0 radical (unpaired) electrons. The summed E-state index contributed by atoms with van der Waals surface area (Å²) in [5, 5.41) is 14.1. The van der Waals surface area contributed by atoms with Crippen LogP contribution in [0.15, 0.2) is 46.9 Å². The number of halogens is 1. The summed E-state index contributed by atoms with van der Waals surface area (Å²) in [5.74, 6) is 0.778. The van der Waals surface area contributed by atoms with Gasteiger partial charge in [0.1, 0.15) is 11.4 Å². The quantitative estimate of drug-likeness (QED) is 0.662. The van der Waals surface area contributed by atoms with Crippen LogP contribution < -0.4 is 10.1 Å². The summed E-state index contributed by atoms with van der Waals surface area (Å²) in [4.78, 5) is 10.6. The average molecular weight is 337 g/mol. The van der Waals surface area contributed by atoms with Gasteiger partial charge in [0, 0.05) is 17.1 Å². The molecule has 0 spiro atoms. The Balaban J connectivity index is 2.16. The Morgan fingerprint density at radius 1 is 1.25 bits per heavy atom. The van der Waals surface area contributed by atoms with Crippen LogP contribution in [0.2, 0.25) is 0 Å². The lowest BCUT2D eigenvalue weighted by atomic mass is 10.2. The summed E-state index contributed by atoms with van der Waals surface area (Å²) in [6, 6.07) is 12.4. The fourth-order valence-electron chi connectivity index (χ4n) is 1.77. The first-order chi connectivity index (χ1) is 9.61. The zero-order valence-electron chi connectivity index (χ0n) is 10.8. The van der Waals surface area contributed by atoms with Gasteiger partial charge in [-0.05, 0) is 39.7 Å². The van der Waals surface area contributed by atoms with E-state index in [1.807, 2.05) is 24.3 Å². The van der Waals surface area contributed by atoms with E-state index in [2.05, 4.69) is 21.2 Å². The molecule has 0 aromatic heterocycles. The zero-order chi connectivity index (χ0) is 14.5. The number of nitro groups is 1. The predicted molar refractivity (Wildman–Crippen MR) is 81.1 cm³/mol. The molecule has 0 bridgehead atoms. The van der Waals surface area contributed by atoms with Crippen LogP contribution in [0, 0.1) is 10.1 Å². The van der Waals surface area contributed by atoms with E-state index in [1.165, 1.54) is 6.07 Å². The Labute approximate surface area is 124 Å². The minimum atomic E-state index is -0.402. The van der Waals surface area contributed by atoms with Gasteiger partial charge >= 0.3 is 0 Å². The molecule has 0 aliphatic carbocycles. The van der Waals surface area contributed by atoms with Crippen molar-refractivity contribution in [2.75, 3.05) is 12.4 Å². The third-order valence-corrected chi connectivity index (χ3v) is 3.48. The van der Waals surface area contributed by atoms with Crippen LogP contribution in [0.3, 0.4) is 0 Å². The van der Waals surface area contributed by atoms with Crippen molar-refractivity contribution < 1.29 is 9.66 Å². The highest BCUT2D eigenvalue weighted by Gasteiger charge is 2.15. The summed E-state index contributed by atoms with van der Waals surface area (Å²) in [7, 11) is 1.61. The minimum Gasteiger partial charge on any atom is -0.497 e. The summed E-state index contributed by atoms with van der Waals surface area (Å²) >= 11 is 3.32. The SMILES string of the molecule is COc1ccc(CNc2c(Br)cccc2[N+](=O)[O-])cc1. The Bertz CT molecular complexity index is 614. The van der Waals surface area contributed by atoms with Crippen LogP contribution in [0.4, 0.5) is 11.4 Å². The van der Waals surface area contributed by atoms with E-state index in [0.29, 0.717) is 16.7 Å². The second-order valence-corrected chi connectivity index (χ2v) is 4.95. The van der Waals surface area contributed by atoms with Crippen LogP contribution >= 0.6 is 15.9 Å². The lowest BCUT2D eigenvalue weighted by Crippen LogP contribution is -2.03. The monoisotopic (exact) mass is 336 g/mol. The van der Waals surface area contributed by atoms with E-state index in [0.717, 1.165) is 11.3 Å². The Kier molecular flexibility index (Phi) is 4.57. The number of nitro benzene ring substituents is 1. The van der Waals surface area contributed by atoms with Crippen molar-refractivity contribution in [2.24, 2.45) is 0 Å². The second kappa shape index (κ2) is 6.38. The highest BCUT2D eigenvalue weighted by atomic mass is 79.9. The Morgan fingerprint density at radius 2 is 1.95 bits per heavy atom. The second-order valence-electron chi connectivity index (χ2n) is 4.09. The van der Waals surface area contributed by atoms with Crippen molar-refractivity contribution in [2.45, 2.75) is 6.54 Å². The van der Waals surface area contributed by atoms with Gasteiger partial charge in [-0.15, -0.1) is 0 Å². The van der Waals surface area contributed by atoms with Gasteiger partial charge in [-0.25, -0.2) is 0 Å². The molecule has 20 heavy (non-hydrogen) atoms. The number of hydrogen-bond acceptors (Lipinski definition) is 4. The standard InChI is InChI=1S/C14H13BrN2O3/c1-20-11-7-5-10(6-8-11)9-16-14-12(15)3-2-4-13(14)17(18)19/h2-8,16H,9H2,1H3. The summed E-state index contributed by atoms with van der Waals surface area (Å²) in [5.41, 5.74) is 1.54. The first-order valence-electron chi connectivity index (χ1n) is 5.91. The maximum Gasteiger partial charge on any atom is 0.293 e. The topological polar surface area (TPSA) is 64.4 Å². The largest absolute Gasteiger partial charge is 0.497 e. The molecule has 2 aromatic rings. The molecule has 5 nitrogen and oxygen atoms in total. The molecule has 104 valence electrons. The number of rotatable bonds is 5. The van der Waals surface area contributed by atoms with Gasteiger partial charge in [0.15, 0.2) is 0 Å². The minimum absolute atomic E-state index is 0.0490. The van der Waals surface area contributed by atoms with Gasteiger partial charge in [-0.1, -0.05) is 18.2 Å². The number of hydrogen-bond donors (Lipinski definition) is 1. The highest BCUT2D eigenvalue weighted by Crippen LogP contribution is 2.32. The molecule has 0 atom stereocenters. The average Bonchev–Trinajstić information content (AvgIpc) is 2.46. The van der Waals surface area contributed by atoms with Crippen molar-refractivity contribution in [3.8, 4) is 5.75 Å². The number of para-hydroxylation sites is 1. The van der Waals surface area contributed by atoms with Crippen LogP contribution in [0.5, 0.6) is 5.75 Å². The van der Waals surface area contributed by atoms with Gasteiger partial charge in [-0.2, -0.15) is 0 Å². The molecular formula is C14H13BrN2O3. The van der Waals surface area contributed by atoms with Gasteiger partial charge in [-0.3, -0.25) is 10.1 Å². The molecule has 0 fully saturated rings. The molecule has 0 amide bonds. The number of nitrogens with zero attached hydrogens (tertiary/aromatic N) is 1. The predicted octanol–water partition coefficient (Wildman–Crippen LogP) is 3.98. The van der Waals surface area contributed by atoms with Crippen LogP contribution in [0.25, 0.3) is 0 Å². The molecule has 6 heteroatoms. The summed E-state index contributed by atoms with van der Waals surface area (Å²) in [6.45, 7) is 0.493. The number of ether oxygens (including phenoxy) is 1. The molecule has 1 N–H and O–H groups in total. The van der Waals surface area contributed by atoms with Gasteiger partial charge < -0.3 is 10.1 Å². The lowest BCUT2D eigenvalue weighted by Gasteiger charge is -2.09. The molecule has 2 aromatic carbocycles. The third-order valence-electron chi connectivity index (χ3n) is 2.82. The van der Waals surface area contributed by atoms with Crippen LogP contribution in [-0.2, 0) is 6.54 Å². The van der Waals surface area contributed by atoms with Crippen LogP contribution in [-0.4, -0.2) is 12.0 Å². The molecule has 2 rings (SSSR count). The van der Waals surface area contributed by atoms with E-state index >= 15 is 0 Å². The molecule has 0 unspecified atom stereocenters. The van der Waals surface area contributed by atoms with Crippen LogP contribution in [0.1, 0.15) is 5.56 Å². The smallest absolute Gasteiger partial charge is 0.293 e. The summed E-state index contributed by atoms with van der Waals surface area (Å²) in [6.07, 6.45) is 0. The number of nitrogens with one attached hydrogen (secondary N) is 1. The van der Waals surface area contributed by atoms with E-state index < -0.39 is 4.92 Å². The van der Waals surface area contributed by atoms with E-state index in [1.54, 1.807) is 19.2 Å². The van der Waals surface area contributed by atoms with E-state index in [9.17, 15) is 10.1 Å². The molecule has 0 saturated carbocycles. The fraction of sp³-hybridized carbons (Fsp3) is 0.143. The normalized spacial score (nSPS) is 10.1. The maximum atomic E-state index is 11.0. The number of benzene rings is 2. The zero-order valence-corrected chi connectivity index (χ0v) is 12.4. The first kappa shape index (κ1) is 14.3. The van der Waals surface area contributed by atoms with Crippen molar-refractivity contribution in [3.63, 3.8) is 0 Å². The molecular weight excluding hydrogens is 324 g/mol. The summed E-state index contributed by atoms with van der Waals surface area (Å²) < 4.78 is 5.75. The Morgan fingerprint density at radius 3 is 2.55 bits per heavy atom. The van der Waals surface area contributed by atoms with Gasteiger partial charge in [0.2, 0.25) is 0 Å². The highest BCUT2D eigenvalue weighted by molar-refractivity contribution is 9.10. The first-order valence-corrected chi connectivity index (χ1v) is 6.71. The number of anilines is 1. The Hall–Kier alpha value is -2.08. The van der Waals surface area contributed by atoms with Crippen molar-refractivity contribution in [1.82, 2.24) is 0 Å². The van der Waals surface area contributed by atoms with E-state index in [-0.39, 0.29) is 5.69 Å². The molecule has 0 aliphatic rings. The van der Waals surface area contributed by atoms with Crippen molar-refractivity contribution >= 4 is 27.3 Å². The molecule has 0 saturated heterocycles. The van der Waals surface area contributed by atoms with E-state index in [4.69, 9.17) is 4.74 Å². The maximum absolute atomic E-state index is 11.0. The molecule has 0 heterocycles.